The number of pyridine rings is 2. The summed E-state index contributed by atoms with van der Waals surface area (Å²) in [5.41, 5.74) is 4.28. The molecule has 3 heterocycles. The van der Waals surface area contributed by atoms with Crippen LogP contribution in [0.25, 0.3) is 27.6 Å². The average molecular weight is 302 g/mol. The largest absolute Gasteiger partial charge is 0.377 e. The third-order valence-electron chi connectivity index (χ3n) is 4.14. The zero-order chi connectivity index (χ0) is 16.0. The van der Waals surface area contributed by atoms with Crippen molar-refractivity contribution in [2.45, 2.75) is 6.92 Å². The summed E-state index contributed by atoms with van der Waals surface area (Å²) >= 11 is 0. The number of fused-ring (bicyclic) bond motifs is 2. The molecule has 0 saturated carbocycles. The first-order chi connectivity index (χ1) is 11.1. The van der Waals surface area contributed by atoms with Crippen LogP contribution in [0.2, 0.25) is 0 Å². The van der Waals surface area contributed by atoms with Gasteiger partial charge in [0.25, 0.3) is 0 Å². The molecule has 0 aliphatic heterocycles. The van der Waals surface area contributed by atoms with Crippen LogP contribution >= 0.6 is 0 Å². The van der Waals surface area contributed by atoms with Crippen LogP contribution in [0, 0.1) is 6.92 Å². The molecule has 0 radical (unpaired) electrons. The number of hydrogen-bond acceptors (Lipinski definition) is 3. The highest BCUT2D eigenvalue weighted by molar-refractivity contribution is 5.95. The molecule has 0 bridgehead atoms. The second-order valence-electron chi connectivity index (χ2n) is 5.98. The Morgan fingerprint density at radius 2 is 1.91 bits per heavy atom. The number of anilines is 1. The third kappa shape index (κ3) is 2.23. The molecule has 0 atom stereocenters. The summed E-state index contributed by atoms with van der Waals surface area (Å²) in [6.07, 6.45) is 3.97. The molecule has 4 aromatic rings. The van der Waals surface area contributed by atoms with E-state index < -0.39 is 0 Å². The number of benzene rings is 1. The summed E-state index contributed by atoms with van der Waals surface area (Å²) in [6.45, 7) is 2.01. The topological polar surface area (TPSA) is 34.0 Å². The number of rotatable bonds is 2. The van der Waals surface area contributed by atoms with E-state index in [1.165, 1.54) is 11.1 Å². The lowest BCUT2D eigenvalue weighted by Crippen LogP contribution is -2.09. The number of nitrogens with zero attached hydrogens (tertiary/aromatic N) is 4. The molecule has 0 N–H and O–H groups in total. The van der Waals surface area contributed by atoms with Crippen molar-refractivity contribution in [1.29, 1.82) is 0 Å². The molecule has 4 heteroatoms. The quantitative estimate of drug-likeness (QED) is 0.562. The van der Waals surface area contributed by atoms with Gasteiger partial charge >= 0.3 is 0 Å². The minimum absolute atomic E-state index is 0.910. The summed E-state index contributed by atoms with van der Waals surface area (Å²) in [6, 6.07) is 14.6. The Labute approximate surface area is 135 Å². The van der Waals surface area contributed by atoms with Gasteiger partial charge in [0.2, 0.25) is 0 Å². The fraction of sp³-hybridized carbons (Fsp3) is 0.158. The van der Waals surface area contributed by atoms with Crippen molar-refractivity contribution in [3.8, 4) is 5.82 Å². The highest BCUT2D eigenvalue weighted by atomic mass is 15.1. The van der Waals surface area contributed by atoms with Crippen LogP contribution in [0.15, 0.2) is 54.9 Å². The molecular weight excluding hydrogens is 284 g/mol. The summed E-state index contributed by atoms with van der Waals surface area (Å²) in [5.74, 6) is 0.910. The molecular formula is C19H18N4. The van der Waals surface area contributed by atoms with Gasteiger partial charge < -0.3 is 4.90 Å². The Balaban J connectivity index is 1.96. The molecule has 0 amide bonds. The van der Waals surface area contributed by atoms with Gasteiger partial charge in [-0.15, -0.1) is 0 Å². The van der Waals surface area contributed by atoms with E-state index in [2.05, 4.69) is 63.9 Å². The fourth-order valence-electron chi connectivity index (χ4n) is 2.99. The van der Waals surface area contributed by atoms with Gasteiger partial charge in [-0.1, -0.05) is 12.1 Å². The Bertz CT molecular complexity index is 1010. The first-order valence-electron chi connectivity index (χ1n) is 7.65. The van der Waals surface area contributed by atoms with E-state index in [0.717, 1.165) is 27.9 Å². The van der Waals surface area contributed by atoms with Crippen molar-refractivity contribution in [3.63, 3.8) is 0 Å². The fourth-order valence-corrected chi connectivity index (χ4v) is 2.99. The number of aryl methyl sites for hydroxylation is 1. The van der Waals surface area contributed by atoms with Gasteiger partial charge in [-0.05, 0) is 37.3 Å². The normalized spacial score (nSPS) is 11.3. The lowest BCUT2D eigenvalue weighted by Gasteiger charge is -2.16. The monoisotopic (exact) mass is 302 g/mol. The molecule has 4 rings (SSSR count). The summed E-state index contributed by atoms with van der Waals surface area (Å²) in [7, 11) is 4.12. The molecule has 0 fully saturated rings. The lowest BCUT2D eigenvalue weighted by atomic mass is 10.1. The Kier molecular flexibility index (Phi) is 3.05. The highest BCUT2D eigenvalue weighted by Crippen LogP contribution is 2.27. The Morgan fingerprint density at radius 3 is 2.74 bits per heavy atom. The smallest absolute Gasteiger partial charge is 0.137 e. The molecule has 0 saturated heterocycles. The number of aromatic nitrogens is 3. The van der Waals surface area contributed by atoms with Crippen LogP contribution in [0.5, 0.6) is 0 Å². The van der Waals surface area contributed by atoms with E-state index in [4.69, 9.17) is 0 Å². The average Bonchev–Trinajstić information content (AvgIpc) is 2.96. The predicted octanol–water partition coefficient (Wildman–Crippen LogP) is 3.95. The van der Waals surface area contributed by atoms with Gasteiger partial charge in [-0.25, -0.2) is 4.98 Å². The van der Waals surface area contributed by atoms with Gasteiger partial charge in [0, 0.05) is 48.6 Å². The molecule has 4 nitrogen and oxygen atoms in total. The maximum atomic E-state index is 4.64. The summed E-state index contributed by atoms with van der Waals surface area (Å²) in [5, 5.41) is 2.34. The van der Waals surface area contributed by atoms with Gasteiger partial charge in [0.1, 0.15) is 5.82 Å². The van der Waals surface area contributed by atoms with E-state index in [0.29, 0.717) is 0 Å². The van der Waals surface area contributed by atoms with Crippen LogP contribution in [-0.2, 0) is 0 Å². The molecule has 1 aromatic carbocycles. The van der Waals surface area contributed by atoms with E-state index in [1.807, 2.05) is 31.5 Å². The van der Waals surface area contributed by atoms with Crippen molar-refractivity contribution in [2.24, 2.45) is 0 Å². The molecule has 114 valence electrons. The molecule has 23 heavy (non-hydrogen) atoms. The Hall–Kier alpha value is -2.88. The minimum Gasteiger partial charge on any atom is -0.377 e. The van der Waals surface area contributed by atoms with Crippen molar-refractivity contribution >= 4 is 27.5 Å². The second-order valence-corrected chi connectivity index (χ2v) is 5.98. The van der Waals surface area contributed by atoms with E-state index in [9.17, 15) is 0 Å². The van der Waals surface area contributed by atoms with E-state index >= 15 is 0 Å². The van der Waals surface area contributed by atoms with Gasteiger partial charge in [-0.3, -0.25) is 9.55 Å². The zero-order valence-electron chi connectivity index (χ0n) is 13.5. The van der Waals surface area contributed by atoms with Crippen molar-refractivity contribution < 1.29 is 0 Å². The van der Waals surface area contributed by atoms with Crippen molar-refractivity contribution in [1.82, 2.24) is 14.5 Å². The molecule has 3 aromatic heterocycles. The van der Waals surface area contributed by atoms with Gasteiger partial charge in [-0.2, -0.15) is 0 Å². The second kappa shape index (κ2) is 5.09. The van der Waals surface area contributed by atoms with Gasteiger partial charge in [0.15, 0.2) is 0 Å². The zero-order valence-corrected chi connectivity index (χ0v) is 13.5. The predicted molar refractivity (Wildman–Crippen MR) is 95.4 cm³/mol. The maximum absolute atomic E-state index is 4.64. The Morgan fingerprint density at radius 1 is 1.04 bits per heavy atom. The molecule has 0 aliphatic rings. The number of hydrogen-bond donors (Lipinski definition) is 0. The molecule has 0 aliphatic carbocycles. The first kappa shape index (κ1) is 13.8. The van der Waals surface area contributed by atoms with E-state index in [1.54, 1.807) is 0 Å². The van der Waals surface area contributed by atoms with Crippen LogP contribution in [-0.4, -0.2) is 28.6 Å². The van der Waals surface area contributed by atoms with Crippen LogP contribution < -0.4 is 4.90 Å². The lowest BCUT2D eigenvalue weighted by molar-refractivity contribution is 1.05. The van der Waals surface area contributed by atoms with Crippen molar-refractivity contribution in [2.75, 3.05) is 19.0 Å². The molecule has 0 spiro atoms. The minimum atomic E-state index is 0.910. The van der Waals surface area contributed by atoms with Crippen LogP contribution in [0.4, 0.5) is 5.69 Å². The van der Waals surface area contributed by atoms with Crippen LogP contribution in [0.3, 0.4) is 0 Å². The SMILES string of the molecule is Cc1ccc2c(ccn2-c2cc3c(N(C)C)cccc3cn2)n1. The standard InChI is InChI=1S/C19H18N4/c1-13-7-8-18-16(21-13)9-10-23(18)19-11-15-14(12-20-19)5-4-6-17(15)22(2)3/h4-12H,1-3H3. The molecule has 0 unspecified atom stereocenters. The highest BCUT2D eigenvalue weighted by Gasteiger charge is 2.09. The van der Waals surface area contributed by atoms with Crippen LogP contribution in [0.1, 0.15) is 5.69 Å². The third-order valence-corrected chi connectivity index (χ3v) is 4.14. The van der Waals surface area contributed by atoms with Crippen molar-refractivity contribution in [3.05, 3.63) is 60.6 Å². The van der Waals surface area contributed by atoms with Gasteiger partial charge in [0.05, 0.1) is 11.0 Å². The first-order valence-corrected chi connectivity index (χ1v) is 7.65. The van der Waals surface area contributed by atoms with E-state index in [-0.39, 0.29) is 0 Å². The maximum Gasteiger partial charge on any atom is 0.137 e. The summed E-state index contributed by atoms with van der Waals surface area (Å²) in [4.78, 5) is 11.3. The summed E-state index contributed by atoms with van der Waals surface area (Å²) < 4.78 is 2.09.